The minimum absolute atomic E-state index is 0.592. The Labute approximate surface area is 91.6 Å². The number of ether oxygens (including phenoxy) is 1. The summed E-state index contributed by atoms with van der Waals surface area (Å²) in [5.74, 6) is 1.07. The fourth-order valence-corrected chi connectivity index (χ4v) is 1.79. The molecule has 1 aromatic rings. The number of nitrogens with one attached hydrogen (secondary N) is 1. The SMILES string of the molecule is CC[C@@H](C)NCc1ccc2c(c1)CCO2. The standard InChI is InChI=1S/C13H19NO/c1-3-10(2)14-9-11-4-5-13-12(8-11)6-7-15-13/h4-5,8,10,14H,3,6-7,9H2,1-2H3/t10-/m1/s1. The van der Waals surface area contributed by atoms with Gasteiger partial charge in [-0.15, -0.1) is 0 Å². The first-order valence-electron chi connectivity index (χ1n) is 5.77. The van der Waals surface area contributed by atoms with E-state index in [4.69, 9.17) is 4.74 Å². The van der Waals surface area contributed by atoms with Crippen LogP contribution in [0.5, 0.6) is 5.75 Å². The largest absolute Gasteiger partial charge is 0.493 e. The highest BCUT2D eigenvalue weighted by atomic mass is 16.5. The molecule has 0 saturated carbocycles. The van der Waals surface area contributed by atoms with Gasteiger partial charge in [0, 0.05) is 19.0 Å². The van der Waals surface area contributed by atoms with Gasteiger partial charge >= 0.3 is 0 Å². The lowest BCUT2D eigenvalue weighted by molar-refractivity contribution is 0.357. The van der Waals surface area contributed by atoms with Crippen molar-refractivity contribution in [2.45, 2.75) is 39.3 Å². The van der Waals surface area contributed by atoms with Crippen molar-refractivity contribution < 1.29 is 4.74 Å². The molecule has 0 aromatic heterocycles. The van der Waals surface area contributed by atoms with Crippen LogP contribution in [0.25, 0.3) is 0 Å². The predicted octanol–water partition coefficient (Wildman–Crippen LogP) is 2.51. The molecule has 1 aliphatic heterocycles. The summed E-state index contributed by atoms with van der Waals surface area (Å²) in [6, 6.07) is 7.10. The third-order valence-corrected chi connectivity index (χ3v) is 3.02. The van der Waals surface area contributed by atoms with Crippen LogP contribution >= 0.6 is 0 Å². The topological polar surface area (TPSA) is 21.3 Å². The van der Waals surface area contributed by atoms with Crippen LogP contribution in [0.1, 0.15) is 31.4 Å². The van der Waals surface area contributed by atoms with E-state index in [1.807, 2.05) is 0 Å². The summed E-state index contributed by atoms with van der Waals surface area (Å²) in [6.07, 6.45) is 2.24. The van der Waals surface area contributed by atoms with E-state index in [0.29, 0.717) is 6.04 Å². The Kier molecular flexibility index (Phi) is 3.27. The van der Waals surface area contributed by atoms with Crippen LogP contribution in [0.4, 0.5) is 0 Å². The maximum Gasteiger partial charge on any atom is 0.122 e. The van der Waals surface area contributed by atoms with E-state index in [2.05, 4.69) is 37.4 Å². The zero-order chi connectivity index (χ0) is 10.7. The molecule has 0 aliphatic carbocycles. The summed E-state index contributed by atoms with van der Waals surface area (Å²) < 4.78 is 5.48. The number of hydrogen-bond donors (Lipinski definition) is 1. The molecule has 0 fully saturated rings. The molecule has 0 spiro atoms. The second-order valence-corrected chi connectivity index (χ2v) is 4.23. The Balaban J connectivity index is 1.98. The lowest BCUT2D eigenvalue weighted by Crippen LogP contribution is -2.24. The molecular formula is C13H19NO. The van der Waals surface area contributed by atoms with E-state index in [0.717, 1.165) is 25.3 Å². The smallest absolute Gasteiger partial charge is 0.122 e. The summed E-state index contributed by atoms with van der Waals surface area (Å²) in [4.78, 5) is 0. The quantitative estimate of drug-likeness (QED) is 0.815. The lowest BCUT2D eigenvalue weighted by Gasteiger charge is -2.11. The molecule has 2 nitrogen and oxygen atoms in total. The van der Waals surface area contributed by atoms with Gasteiger partial charge in [0.15, 0.2) is 0 Å². The Morgan fingerprint density at radius 2 is 2.33 bits per heavy atom. The van der Waals surface area contributed by atoms with Gasteiger partial charge in [0.2, 0.25) is 0 Å². The number of rotatable bonds is 4. The third-order valence-electron chi connectivity index (χ3n) is 3.02. The Morgan fingerprint density at radius 1 is 1.47 bits per heavy atom. The predicted molar refractivity (Wildman–Crippen MR) is 62.2 cm³/mol. The first-order chi connectivity index (χ1) is 7.29. The first kappa shape index (κ1) is 10.5. The van der Waals surface area contributed by atoms with Crippen LogP contribution in [0.3, 0.4) is 0 Å². The first-order valence-corrected chi connectivity index (χ1v) is 5.77. The normalized spacial score (nSPS) is 15.9. The number of benzene rings is 1. The minimum atomic E-state index is 0.592. The van der Waals surface area contributed by atoms with Gasteiger partial charge in [-0.25, -0.2) is 0 Å². The van der Waals surface area contributed by atoms with Gasteiger partial charge in [0.05, 0.1) is 6.61 Å². The van der Waals surface area contributed by atoms with Gasteiger partial charge in [0.25, 0.3) is 0 Å². The summed E-state index contributed by atoms with van der Waals surface area (Å²) in [5, 5.41) is 3.50. The molecule has 15 heavy (non-hydrogen) atoms. The summed E-state index contributed by atoms with van der Waals surface area (Å²) in [7, 11) is 0. The van der Waals surface area contributed by atoms with Gasteiger partial charge in [-0.05, 0) is 30.5 Å². The van der Waals surface area contributed by atoms with Crippen molar-refractivity contribution in [2.75, 3.05) is 6.61 Å². The maximum absolute atomic E-state index is 5.48. The molecule has 2 rings (SSSR count). The average molecular weight is 205 g/mol. The maximum atomic E-state index is 5.48. The second-order valence-electron chi connectivity index (χ2n) is 4.23. The zero-order valence-electron chi connectivity index (χ0n) is 9.55. The van der Waals surface area contributed by atoms with Crippen LogP contribution < -0.4 is 10.1 Å². The molecule has 1 aromatic carbocycles. The van der Waals surface area contributed by atoms with Gasteiger partial charge < -0.3 is 10.1 Å². The van der Waals surface area contributed by atoms with Crippen molar-refractivity contribution in [1.82, 2.24) is 5.32 Å². The van der Waals surface area contributed by atoms with Gasteiger partial charge in [-0.1, -0.05) is 19.1 Å². The molecule has 1 atom stereocenters. The monoisotopic (exact) mass is 205 g/mol. The van der Waals surface area contributed by atoms with Crippen LogP contribution in [-0.2, 0) is 13.0 Å². The Bertz CT molecular complexity index is 335. The van der Waals surface area contributed by atoms with Gasteiger partial charge in [-0.3, -0.25) is 0 Å². The van der Waals surface area contributed by atoms with Crippen molar-refractivity contribution in [3.05, 3.63) is 29.3 Å². The van der Waals surface area contributed by atoms with E-state index in [1.54, 1.807) is 0 Å². The fourth-order valence-electron chi connectivity index (χ4n) is 1.79. The van der Waals surface area contributed by atoms with E-state index in [9.17, 15) is 0 Å². The highest BCUT2D eigenvalue weighted by molar-refractivity contribution is 5.39. The summed E-state index contributed by atoms with van der Waals surface area (Å²) in [6.45, 7) is 6.23. The van der Waals surface area contributed by atoms with Crippen LogP contribution in [0.2, 0.25) is 0 Å². The zero-order valence-corrected chi connectivity index (χ0v) is 9.55. The van der Waals surface area contributed by atoms with Crippen LogP contribution in [0, 0.1) is 0 Å². The lowest BCUT2D eigenvalue weighted by atomic mass is 10.1. The fraction of sp³-hybridized carbons (Fsp3) is 0.538. The molecule has 1 heterocycles. The second kappa shape index (κ2) is 4.67. The molecule has 1 N–H and O–H groups in total. The number of hydrogen-bond acceptors (Lipinski definition) is 2. The Hall–Kier alpha value is -1.02. The van der Waals surface area contributed by atoms with Crippen molar-refractivity contribution in [3.63, 3.8) is 0 Å². The molecule has 0 unspecified atom stereocenters. The highest BCUT2D eigenvalue weighted by Crippen LogP contribution is 2.25. The van der Waals surface area contributed by atoms with Crippen LogP contribution in [-0.4, -0.2) is 12.6 Å². The molecule has 0 saturated heterocycles. The van der Waals surface area contributed by atoms with Crippen LogP contribution in [0.15, 0.2) is 18.2 Å². The summed E-state index contributed by atoms with van der Waals surface area (Å²) in [5.41, 5.74) is 2.72. The van der Waals surface area contributed by atoms with E-state index in [-0.39, 0.29) is 0 Å². The summed E-state index contributed by atoms with van der Waals surface area (Å²) >= 11 is 0. The molecular weight excluding hydrogens is 186 g/mol. The van der Waals surface area contributed by atoms with Crippen molar-refractivity contribution in [3.8, 4) is 5.75 Å². The van der Waals surface area contributed by atoms with Crippen molar-refractivity contribution in [1.29, 1.82) is 0 Å². The molecule has 1 aliphatic rings. The number of fused-ring (bicyclic) bond motifs is 1. The highest BCUT2D eigenvalue weighted by Gasteiger charge is 2.11. The molecule has 2 heteroatoms. The molecule has 82 valence electrons. The third kappa shape index (κ3) is 2.51. The molecule has 0 bridgehead atoms. The van der Waals surface area contributed by atoms with Gasteiger partial charge in [-0.2, -0.15) is 0 Å². The van der Waals surface area contributed by atoms with Crippen molar-refractivity contribution in [2.24, 2.45) is 0 Å². The minimum Gasteiger partial charge on any atom is -0.493 e. The van der Waals surface area contributed by atoms with Crippen molar-refractivity contribution >= 4 is 0 Å². The van der Waals surface area contributed by atoms with Gasteiger partial charge in [0.1, 0.15) is 5.75 Å². The average Bonchev–Trinajstić information content (AvgIpc) is 2.72. The van der Waals surface area contributed by atoms with E-state index in [1.165, 1.54) is 17.5 Å². The van der Waals surface area contributed by atoms with E-state index >= 15 is 0 Å². The van der Waals surface area contributed by atoms with E-state index < -0.39 is 0 Å². The molecule has 0 radical (unpaired) electrons. The Morgan fingerprint density at radius 3 is 3.13 bits per heavy atom. The molecule has 0 amide bonds.